The van der Waals surface area contributed by atoms with Gasteiger partial charge in [0, 0.05) is 5.02 Å². The Hall–Kier alpha value is -2.05. The highest BCUT2D eigenvalue weighted by Crippen LogP contribution is 2.27. The molecule has 0 spiro atoms. The van der Waals surface area contributed by atoms with Crippen molar-refractivity contribution in [2.24, 2.45) is 5.10 Å². The second kappa shape index (κ2) is 9.30. The van der Waals surface area contributed by atoms with Gasteiger partial charge in [0.25, 0.3) is 5.91 Å². The van der Waals surface area contributed by atoms with E-state index in [0.717, 1.165) is 11.3 Å². The average Bonchev–Trinajstić information content (AvgIpc) is 2.56. The Morgan fingerprint density at radius 1 is 1.25 bits per heavy atom. The third-order valence-corrected chi connectivity index (χ3v) is 3.70. The van der Waals surface area contributed by atoms with Gasteiger partial charge in [-0.05, 0) is 70.9 Å². The number of ether oxygens (including phenoxy) is 2. The summed E-state index contributed by atoms with van der Waals surface area (Å²) in [5, 5.41) is 4.47. The highest BCUT2D eigenvalue weighted by Gasteiger charge is 2.05. The number of rotatable bonds is 7. The number of hydrogen-bond acceptors (Lipinski definition) is 4. The first-order valence-corrected chi connectivity index (χ1v) is 8.38. The fraction of sp³-hybridized carbons (Fsp3) is 0.176. The summed E-state index contributed by atoms with van der Waals surface area (Å²) in [7, 11) is 0. The highest BCUT2D eigenvalue weighted by atomic mass is 79.9. The zero-order chi connectivity index (χ0) is 17.4. The Labute approximate surface area is 153 Å². The lowest BCUT2D eigenvalue weighted by Crippen LogP contribution is -2.24. The summed E-state index contributed by atoms with van der Waals surface area (Å²) in [5.41, 5.74) is 3.25. The van der Waals surface area contributed by atoms with E-state index in [9.17, 15) is 4.79 Å². The summed E-state index contributed by atoms with van der Waals surface area (Å²) in [5.74, 6) is 0.963. The Kier molecular flexibility index (Phi) is 7.08. The molecule has 0 fully saturated rings. The molecule has 2 rings (SSSR count). The molecule has 0 aliphatic carbocycles. The van der Waals surface area contributed by atoms with E-state index in [2.05, 4.69) is 26.5 Å². The van der Waals surface area contributed by atoms with Crippen molar-refractivity contribution in [1.82, 2.24) is 5.43 Å². The number of hydrazone groups is 1. The van der Waals surface area contributed by atoms with Crippen LogP contribution in [-0.4, -0.2) is 25.3 Å². The van der Waals surface area contributed by atoms with Crippen LogP contribution < -0.4 is 14.9 Å². The van der Waals surface area contributed by atoms with E-state index < -0.39 is 0 Å². The molecule has 0 bridgehead atoms. The second-order valence-electron chi connectivity index (χ2n) is 4.66. The Morgan fingerprint density at radius 3 is 2.67 bits per heavy atom. The largest absolute Gasteiger partial charge is 0.494 e. The lowest BCUT2D eigenvalue weighted by Gasteiger charge is -2.07. The van der Waals surface area contributed by atoms with Gasteiger partial charge in [-0.2, -0.15) is 5.10 Å². The number of carbonyl (C=O) groups excluding carboxylic acids is 1. The minimum atomic E-state index is -0.362. The molecule has 1 amide bonds. The summed E-state index contributed by atoms with van der Waals surface area (Å²) in [4.78, 5) is 11.7. The van der Waals surface area contributed by atoms with Gasteiger partial charge in [-0.25, -0.2) is 5.43 Å². The molecule has 7 heteroatoms. The molecule has 0 saturated heterocycles. The van der Waals surface area contributed by atoms with Crippen LogP contribution in [0.2, 0.25) is 5.02 Å². The van der Waals surface area contributed by atoms with Crippen LogP contribution in [0, 0.1) is 0 Å². The van der Waals surface area contributed by atoms with E-state index in [1.807, 2.05) is 31.2 Å². The average molecular weight is 412 g/mol. The number of benzene rings is 2. The van der Waals surface area contributed by atoms with Gasteiger partial charge >= 0.3 is 0 Å². The third kappa shape index (κ3) is 5.86. The molecule has 0 atom stereocenters. The number of carbonyl (C=O) groups is 1. The molecule has 126 valence electrons. The maximum atomic E-state index is 11.7. The molecule has 2 aromatic rings. The summed E-state index contributed by atoms with van der Waals surface area (Å²) in [6.07, 6.45) is 1.55. The second-order valence-corrected chi connectivity index (χ2v) is 5.95. The Bertz CT molecular complexity index is 720. The van der Waals surface area contributed by atoms with Gasteiger partial charge in [0.05, 0.1) is 17.3 Å². The fourth-order valence-corrected chi connectivity index (χ4v) is 2.56. The molecule has 0 aromatic heterocycles. The molecule has 0 radical (unpaired) electrons. The van der Waals surface area contributed by atoms with E-state index in [4.69, 9.17) is 21.1 Å². The number of amides is 1. The van der Waals surface area contributed by atoms with Crippen LogP contribution in [-0.2, 0) is 4.79 Å². The predicted molar refractivity (Wildman–Crippen MR) is 98.0 cm³/mol. The van der Waals surface area contributed by atoms with Crippen molar-refractivity contribution in [3.8, 4) is 11.5 Å². The molecular weight excluding hydrogens is 396 g/mol. The van der Waals surface area contributed by atoms with Crippen molar-refractivity contribution in [3.05, 3.63) is 57.5 Å². The van der Waals surface area contributed by atoms with E-state index in [1.165, 1.54) is 0 Å². The van der Waals surface area contributed by atoms with Crippen molar-refractivity contribution in [1.29, 1.82) is 0 Å². The maximum absolute atomic E-state index is 11.7. The van der Waals surface area contributed by atoms with Gasteiger partial charge < -0.3 is 9.47 Å². The molecule has 0 unspecified atom stereocenters. The lowest BCUT2D eigenvalue weighted by atomic mass is 10.2. The van der Waals surface area contributed by atoms with Crippen LogP contribution in [0.4, 0.5) is 0 Å². The quantitative estimate of drug-likeness (QED) is 0.553. The molecule has 0 aliphatic rings. The summed E-state index contributed by atoms with van der Waals surface area (Å²) < 4.78 is 11.4. The molecule has 5 nitrogen and oxygen atoms in total. The zero-order valence-electron chi connectivity index (χ0n) is 13.0. The van der Waals surface area contributed by atoms with Gasteiger partial charge in [-0.15, -0.1) is 0 Å². The van der Waals surface area contributed by atoms with E-state index >= 15 is 0 Å². The minimum Gasteiger partial charge on any atom is -0.494 e. The van der Waals surface area contributed by atoms with Crippen molar-refractivity contribution >= 4 is 39.7 Å². The first-order chi connectivity index (χ1) is 11.6. The van der Waals surface area contributed by atoms with Crippen LogP contribution in [0.25, 0.3) is 0 Å². The normalized spacial score (nSPS) is 10.6. The number of nitrogens with zero attached hydrogens (tertiary/aromatic N) is 1. The number of nitrogens with one attached hydrogen (secondary N) is 1. The standard InChI is InChI=1S/C17H16BrClN2O3/c1-2-23-14-6-3-12(4-7-14)10-20-21-17(22)11-24-16-8-5-13(19)9-15(16)18/h3-10H,2,11H2,1H3,(H,21,22)/b20-10+. The van der Waals surface area contributed by atoms with Gasteiger partial charge in [0.1, 0.15) is 11.5 Å². The molecule has 0 aliphatic heterocycles. The van der Waals surface area contributed by atoms with Crippen LogP contribution >= 0.6 is 27.5 Å². The van der Waals surface area contributed by atoms with Gasteiger partial charge in [0.15, 0.2) is 6.61 Å². The van der Waals surface area contributed by atoms with Crippen LogP contribution in [0.1, 0.15) is 12.5 Å². The van der Waals surface area contributed by atoms with Crippen molar-refractivity contribution in [2.75, 3.05) is 13.2 Å². The summed E-state index contributed by atoms with van der Waals surface area (Å²) >= 11 is 9.16. The van der Waals surface area contributed by atoms with Crippen molar-refractivity contribution in [2.45, 2.75) is 6.92 Å². The molecule has 2 aromatic carbocycles. The monoisotopic (exact) mass is 410 g/mol. The van der Waals surface area contributed by atoms with E-state index in [0.29, 0.717) is 21.9 Å². The zero-order valence-corrected chi connectivity index (χ0v) is 15.3. The summed E-state index contributed by atoms with van der Waals surface area (Å²) in [6, 6.07) is 12.4. The predicted octanol–water partition coefficient (Wildman–Crippen LogP) is 4.03. The van der Waals surface area contributed by atoms with E-state index in [1.54, 1.807) is 24.4 Å². The number of hydrogen-bond donors (Lipinski definition) is 1. The Balaban J connectivity index is 1.80. The molecule has 24 heavy (non-hydrogen) atoms. The maximum Gasteiger partial charge on any atom is 0.277 e. The lowest BCUT2D eigenvalue weighted by molar-refractivity contribution is -0.123. The molecule has 0 saturated carbocycles. The van der Waals surface area contributed by atoms with Gasteiger partial charge in [-0.3, -0.25) is 4.79 Å². The topological polar surface area (TPSA) is 59.9 Å². The smallest absolute Gasteiger partial charge is 0.277 e. The summed E-state index contributed by atoms with van der Waals surface area (Å²) in [6.45, 7) is 2.39. The van der Waals surface area contributed by atoms with Crippen LogP contribution in [0.15, 0.2) is 52.0 Å². The van der Waals surface area contributed by atoms with Crippen molar-refractivity contribution in [3.63, 3.8) is 0 Å². The highest BCUT2D eigenvalue weighted by molar-refractivity contribution is 9.10. The molecular formula is C17H16BrClN2O3. The Morgan fingerprint density at radius 2 is 2.00 bits per heavy atom. The van der Waals surface area contributed by atoms with Crippen LogP contribution in [0.3, 0.4) is 0 Å². The first-order valence-electron chi connectivity index (χ1n) is 7.21. The molecule has 0 heterocycles. The van der Waals surface area contributed by atoms with Crippen molar-refractivity contribution < 1.29 is 14.3 Å². The SMILES string of the molecule is CCOc1ccc(/C=N/NC(=O)COc2ccc(Cl)cc2Br)cc1. The minimum absolute atomic E-state index is 0.152. The third-order valence-electron chi connectivity index (χ3n) is 2.85. The first kappa shape index (κ1) is 18.3. The van der Waals surface area contributed by atoms with Gasteiger partial charge in [-0.1, -0.05) is 11.6 Å². The van der Waals surface area contributed by atoms with Crippen LogP contribution in [0.5, 0.6) is 11.5 Å². The molecule has 1 N–H and O–H groups in total. The fourth-order valence-electron chi connectivity index (χ4n) is 1.76. The number of halogens is 2. The van der Waals surface area contributed by atoms with E-state index in [-0.39, 0.29) is 12.5 Å². The van der Waals surface area contributed by atoms with Gasteiger partial charge in [0.2, 0.25) is 0 Å².